The van der Waals surface area contributed by atoms with Crippen LogP contribution in [0.1, 0.15) is 24.1 Å². The van der Waals surface area contributed by atoms with Crippen molar-refractivity contribution < 1.29 is 17.4 Å². The summed E-state index contributed by atoms with van der Waals surface area (Å²) in [4.78, 5) is 4.16. The largest absolute Gasteiger partial charge is 0.469 e. The maximum absolute atomic E-state index is 11.1. The fourth-order valence-corrected chi connectivity index (χ4v) is 2.26. The minimum Gasteiger partial charge on any atom is -0.469 e. The smallest absolute Gasteiger partial charge is 0.243 e. The summed E-state index contributed by atoms with van der Waals surface area (Å²) in [7, 11) is -3.06. The lowest BCUT2D eigenvalue weighted by atomic mass is 10.2. The quantitative estimate of drug-likeness (QED) is 0.874. The lowest BCUT2D eigenvalue weighted by molar-refractivity contribution is 0.352. The van der Waals surface area contributed by atoms with Crippen LogP contribution in [0, 0.1) is 6.92 Å². The van der Waals surface area contributed by atoms with Crippen LogP contribution in [-0.4, -0.2) is 30.6 Å². The SMILES string of the molecule is Cc1occc1-c1noc(C(N)CCS(C)(=O)=O)n1. The second-order valence-electron chi connectivity index (χ2n) is 4.37. The molecule has 0 aliphatic carbocycles. The normalized spacial score (nSPS) is 13.6. The molecule has 1 unspecified atom stereocenters. The van der Waals surface area contributed by atoms with Crippen molar-refractivity contribution >= 4 is 9.84 Å². The molecule has 0 fully saturated rings. The van der Waals surface area contributed by atoms with Gasteiger partial charge in [0.15, 0.2) is 0 Å². The zero-order valence-electron chi connectivity index (χ0n) is 10.7. The second-order valence-corrected chi connectivity index (χ2v) is 6.63. The summed E-state index contributed by atoms with van der Waals surface area (Å²) >= 11 is 0. The third kappa shape index (κ3) is 3.42. The highest BCUT2D eigenvalue weighted by Gasteiger charge is 2.19. The molecule has 2 aromatic rings. The Labute approximate surface area is 110 Å². The number of hydrogen-bond donors (Lipinski definition) is 1. The van der Waals surface area contributed by atoms with Gasteiger partial charge in [0.05, 0.1) is 23.6 Å². The van der Waals surface area contributed by atoms with Crippen molar-refractivity contribution in [1.82, 2.24) is 10.1 Å². The molecule has 0 aromatic carbocycles. The molecule has 1 atom stereocenters. The van der Waals surface area contributed by atoms with Gasteiger partial charge in [-0.25, -0.2) is 8.42 Å². The van der Waals surface area contributed by atoms with Crippen LogP contribution in [0.15, 0.2) is 21.3 Å². The first-order valence-electron chi connectivity index (χ1n) is 5.68. The zero-order chi connectivity index (χ0) is 14.0. The molecule has 0 aliphatic rings. The number of sulfone groups is 1. The van der Waals surface area contributed by atoms with E-state index in [2.05, 4.69) is 10.1 Å². The number of aromatic nitrogens is 2. The fourth-order valence-electron chi connectivity index (χ4n) is 1.58. The van der Waals surface area contributed by atoms with E-state index in [9.17, 15) is 8.42 Å². The van der Waals surface area contributed by atoms with E-state index < -0.39 is 15.9 Å². The first-order valence-corrected chi connectivity index (χ1v) is 7.74. The first-order chi connectivity index (χ1) is 8.87. The van der Waals surface area contributed by atoms with Gasteiger partial charge in [-0.05, 0) is 19.4 Å². The van der Waals surface area contributed by atoms with E-state index in [0.717, 1.165) is 11.8 Å². The van der Waals surface area contributed by atoms with E-state index in [1.54, 1.807) is 13.0 Å². The van der Waals surface area contributed by atoms with Gasteiger partial charge in [-0.1, -0.05) is 5.16 Å². The molecule has 2 aromatic heterocycles. The van der Waals surface area contributed by atoms with E-state index in [1.807, 2.05) is 0 Å². The van der Waals surface area contributed by atoms with Gasteiger partial charge in [0.1, 0.15) is 15.6 Å². The van der Waals surface area contributed by atoms with Crippen LogP contribution in [0.25, 0.3) is 11.4 Å². The molecule has 0 spiro atoms. The Morgan fingerprint density at radius 3 is 2.79 bits per heavy atom. The van der Waals surface area contributed by atoms with Crippen molar-refractivity contribution in [2.24, 2.45) is 5.73 Å². The second kappa shape index (κ2) is 5.14. The number of furan rings is 1. The van der Waals surface area contributed by atoms with Crippen LogP contribution in [0.4, 0.5) is 0 Å². The van der Waals surface area contributed by atoms with Crippen molar-refractivity contribution in [3.63, 3.8) is 0 Å². The minimum atomic E-state index is -3.06. The summed E-state index contributed by atoms with van der Waals surface area (Å²) in [6.45, 7) is 1.79. The molecule has 0 radical (unpaired) electrons. The molecule has 7 nitrogen and oxygen atoms in total. The monoisotopic (exact) mass is 285 g/mol. The topological polar surface area (TPSA) is 112 Å². The van der Waals surface area contributed by atoms with E-state index >= 15 is 0 Å². The van der Waals surface area contributed by atoms with Crippen LogP contribution < -0.4 is 5.73 Å². The Hall–Kier alpha value is -1.67. The van der Waals surface area contributed by atoms with Crippen LogP contribution >= 0.6 is 0 Å². The van der Waals surface area contributed by atoms with Crippen molar-refractivity contribution in [2.45, 2.75) is 19.4 Å². The summed E-state index contributed by atoms with van der Waals surface area (Å²) < 4.78 is 32.3. The fraction of sp³-hybridized carbons (Fsp3) is 0.455. The molecule has 0 aliphatic heterocycles. The highest BCUT2D eigenvalue weighted by Crippen LogP contribution is 2.23. The van der Waals surface area contributed by atoms with Crippen molar-refractivity contribution in [2.75, 3.05) is 12.0 Å². The van der Waals surface area contributed by atoms with Crippen LogP contribution in [0.3, 0.4) is 0 Å². The molecule has 2 rings (SSSR count). The molecule has 0 bridgehead atoms. The summed E-state index contributed by atoms with van der Waals surface area (Å²) in [5.74, 6) is 1.27. The summed E-state index contributed by atoms with van der Waals surface area (Å²) in [5, 5.41) is 3.81. The Kier molecular flexibility index (Phi) is 3.72. The van der Waals surface area contributed by atoms with Gasteiger partial charge in [-0.15, -0.1) is 0 Å². The minimum absolute atomic E-state index is 0.0172. The molecule has 8 heteroatoms. The molecule has 0 saturated heterocycles. The van der Waals surface area contributed by atoms with Crippen LogP contribution in [0.5, 0.6) is 0 Å². The van der Waals surface area contributed by atoms with Crippen molar-refractivity contribution in [3.05, 3.63) is 24.0 Å². The van der Waals surface area contributed by atoms with Gasteiger partial charge >= 0.3 is 0 Å². The molecule has 0 saturated carbocycles. The number of nitrogens with two attached hydrogens (primary N) is 1. The standard InChI is InChI=1S/C11H15N3O4S/c1-7-8(3-5-17-7)10-13-11(18-14-10)9(12)4-6-19(2,15)16/h3,5,9H,4,6,12H2,1-2H3. The Morgan fingerprint density at radius 2 is 2.21 bits per heavy atom. The van der Waals surface area contributed by atoms with Gasteiger partial charge in [0, 0.05) is 6.26 Å². The average molecular weight is 285 g/mol. The lowest BCUT2D eigenvalue weighted by Crippen LogP contribution is -2.16. The van der Waals surface area contributed by atoms with E-state index in [-0.39, 0.29) is 18.1 Å². The molecule has 0 amide bonds. The lowest BCUT2D eigenvalue weighted by Gasteiger charge is -2.04. The van der Waals surface area contributed by atoms with E-state index in [1.165, 1.54) is 6.26 Å². The molecule has 2 N–H and O–H groups in total. The molecule has 104 valence electrons. The van der Waals surface area contributed by atoms with Gasteiger partial charge < -0.3 is 14.7 Å². The van der Waals surface area contributed by atoms with Crippen molar-refractivity contribution in [3.8, 4) is 11.4 Å². The highest BCUT2D eigenvalue weighted by molar-refractivity contribution is 7.90. The molecular weight excluding hydrogens is 270 g/mol. The maximum Gasteiger partial charge on any atom is 0.243 e. The molecular formula is C11H15N3O4S. The predicted molar refractivity (Wildman–Crippen MR) is 68.0 cm³/mol. The number of rotatable bonds is 5. The number of aryl methyl sites for hydroxylation is 1. The number of hydrogen-bond acceptors (Lipinski definition) is 7. The van der Waals surface area contributed by atoms with E-state index in [4.69, 9.17) is 14.7 Å². The Bertz CT molecular complexity index is 659. The van der Waals surface area contributed by atoms with Crippen molar-refractivity contribution in [1.29, 1.82) is 0 Å². The first kappa shape index (κ1) is 13.8. The van der Waals surface area contributed by atoms with Gasteiger partial charge in [0.25, 0.3) is 0 Å². The molecule has 19 heavy (non-hydrogen) atoms. The van der Waals surface area contributed by atoms with Gasteiger partial charge in [0.2, 0.25) is 11.7 Å². The zero-order valence-corrected chi connectivity index (χ0v) is 11.5. The third-order valence-corrected chi connectivity index (χ3v) is 3.64. The molecule has 2 heterocycles. The highest BCUT2D eigenvalue weighted by atomic mass is 32.2. The van der Waals surface area contributed by atoms with Crippen LogP contribution in [0.2, 0.25) is 0 Å². The van der Waals surface area contributed by atoms with Gasteiger partial charge in [-0.2, -0.15) is 4.98 Å². The van der Waals surface area contributed by atoms with E-state index in [0.29, 0.717) is 11.6 Å². The van der Waals surface area contributed by atoms with Crippen LogP contribution in [-0.2, 0) is 9.84 Å². The number of nitrogens with zero attached hydrogens (tertiary/aromatic N) is 2. The maximum atomic E-state index is 11.1. The summed E-state index contributed by atoms with van der Waals surface area (Å²) in [5.41, 5.74) is 6.55. The third-order valence-electron chi connectivity index (χ3n) is 2.66. The Morgan fingerprint density at radius 1 is 1.47 bits per heavy atom. The predicted octanol–water partition coefficient (Wildman–Crippen LogP) is 1.07. The Balaban J connectivity index is 2.11. The summed E-state index contributed by atoms with van der Waals surface area (Å²) in [6, 6.07) is 1.13. The van der Waals surface area contributed by atoms with Gasteiger partial charge in [-0.3, -0.25) is 0 Å². The average Bonchev–Trinajstić information content (AvgIpc) is 2.93. The summed E-state index contributed by atoms with van der Waals surface area (Å²) in [6.07, 6.45) is 2.93.